The molecule has 18 heavy (non-hydrogen) atoms. The standard InChI is InChI=1S/C16H23NS/c18-13-16(8-4-9-16)12-17-10-3-7-14-5-1-2-6-15(14)11-17/h1-2,5-6,18H,3-4,7-13H2. The molecule has 3 rings (SSSR count). The largest absolute Gasteiger partial charge is 0.298 e. The van der Waals surface area contributed by atoms with Crippen molar-refractivity contribution in [3.8, 4) is 0 Å². The van der Waals surface area contributed by atoms with Crippen molar-refractivity contribution >= 4 is 12.6 Å². The topological polar surface area (TPSA) is 3.24 Å². The Kier molecular flexibility index (Phi) is 3.67. The summed E-state index contributed by atoms with van der Waals surface area (Å²) in [6.45, 7) is 3.65. The average Bonchev–Trinajstić information content (AvgIpc) is 2.55. The molecule has 0 N–H and O–H groups in total. The number of thiol groups is 1. The van der Waals surface area contributed by atoms with E-state index < -0.39 is 0 Å². The molecule has 0 bridgehead atoms. The predicted octanol–water partition coefficient (Wildman–Crippen LogP) is 3.53. The first kappa shape index (κ1) is 12.6. The Hall–Kier alpha value is -0.470. The number of rotatable bonds is 3. The fourth-order valence-electron chi connectivity index (χ4n) is 3.42. The molecule has 0 unspecified atom stereocenters. The van der Waals surface area contributed by atoms with Crippen LogP contribution in [0.5, 0.6) is 0 Å². The summed E-state index contributed by atoms with van der Waals surface area (Å²) in [7, 11) is 0. The van der Waals surface area contributed by atoms with Gasteiger partial charge in [-0.1, -0.05) is 30.7 Å². The van der Waals surface area contributed by atoms with Gasteiger partial charge < -0.3 is 0 Å². The second kappa shape index (κ2) is 5.26. The van der Waals surface area contributed by atoms with Crippen LogP contribution in [0.4, 0.5) is 0 Å². The molecule has 0 saturated heterocycles. The van der Waals surface area contributed by atoms with Crippen molar-refractivity contribution in [2.75, 3.05) is 18.8 Å². The van der Waals surface area contributed by atoms with Crippen LogP contribution in [0.3, 0.4) is 0 Å². The van der Waals surface area contributed by atoms with Gasteiger partial charge in [-0.25, -0.2) is 0 Å². The molecule has 0 atom stereocenters. The summed E-state index contributed by atoms with van der Waals surface area (Å²) < 4.78 is 0. The first-order valence-corrected chi connectivity index (χ1v) is 7.85. The molecular weight excluding hydrogens is 238 g/mol. The second-order valence-electron chi connectivity index (χ2n) is 6.09. The van der Waals surface area contributed by atoms with Gasteiger partial charge in [0.05, 0.1) is 0 Å². The summed E-state index contributed by atoms with van der Waals surface area (Å²) in [6, 6.07) is 8.97. The molecular formula is C16H23NS. The van der Waals surface area contributed by atoms with Gasteiger partial charge in [-0.15, -0.1) is 0 Å². The third-order valence-electron chi connectivity index (χ3n) is 4.74. The molecule has 1 heterocycles. The number of aryl methyl sites for hydroxylation is 1. The van der Waals surface area contributed by atoms with Gasteiger partial charge in [-0.2, -0.15) is 12.6 Å². The third kappa shape index (κ3) is 2.46. The molecule has 1 fully saturated rings. The minimum atomic E-state index is 0.530. The number of fused-ring (bicyclic) bond motifs is 1. The molecule has 0 radical (unpaired) electrons. The molecule has 1 aliphatic carbocycles. The van der Waals surface area contributed by atoms with Crippen LogP contribution in [-0.4, -0.2) is 23.7 Å². The molecule has 1 saturated carbocycles. The van der Waals surface area contributed by atoms with E-state index in [1.54, 1.807) is 11.1 Å². The minimum Gasteiger partial charge on any atom is -0.298 e. The van der Waals surface area contributed by atoms with Gasteiger partial charge in [0.1, 0.15) is 0 Å². The van der Waals surface area contributed by atoms with Gasteiger partial charge in [-0.3, -0.25) is 4.90 Å². The Balaban J connectivity index is 1.71. The lowest BCUT2D eigenvalue weighted by atomic mass is 9.70. The van der Waals surface area contributed by atoms with E-state index in [0.717, 1.165) is 12.3 Å². The Morgan fingerprint density at radius 3 is 2.56 bits per heavy atom. The zero-order valence-corrected chi connectivity index (χ0v) is 12.0. The van der Waals surface area contributed by atoms with Crippen LogP contribution in [0.25, 0.3) is 0 Å². The maximum atomic E-state index is 4.59. The van der Waals surface area contributed by atoms with Crippen molar-refractivity contribution in [1.82, 2.24) is 4.90 Å². The fraction of sp³-hybridized carbons (Fsp3) is 0.625. The number of benzene rings is 1. The minimum absolute atomic E-state index is 0.530. The lowest BCUT2D eigenvalue weighted by Gasteiger charge is -2.44. The van der Waals surface area contributed by atoms with E-state index in [1.165, 1.54) is 45.2 Å². The Bertz CT molecular complexity index is 406. The number of hydrogen-bond acceptors (Lipinski definition) is 2. The second-order valence-corrected chi connectivity index (χ2v) is 6.41. The average molecular weight is 261 g/mol. The van der Waals surface area contributed by atoms with Gasteiger partial charge in [0.15, 0.2) is 0 Å². The summed E-state index contributed by atoms with van der Waals surface area (Å²) in [5, 5.41) is 0. The van der Waals surface area contributed by atoms with Crippen LogP contribution < -0.4 is 0 Å². The Morgan fingerprint density at radius 2 is 1.89 bits per heavy atom. The van der Waals surface area contributed by atoms with E-state index in [1.807, 2.05) is 0 Å². The molecule has 0 amide bonds. The van der Waals surface area contributed by atoms with Crippen molar-refractivity contribution in [2.24, 2.45) is 5.41 Å². The van der Waals surface area contributed by atoms with E-state index in [0.29, 0.717) is 5.41 Å². The van der Waals surface area contributed by atoms with Crippen molar-refractivity contribution in [1.29, 1.82) is 0 Å². The molecule has 1 aromatic rings. The highest BCUT2D eigenvalue weighted by molar-refractivity contribution is 7.80. The summed E-state index contributed by atoms with van der Waals surface area (Å²) in [5.74, 6) is 1.06. The van der Waals surface area contributed by atoms with E-state index in [2.05, 4.69) is 41.8 Å². The molecule has 1 aliphatic heterocycles. The van der Waals surface area contributed by atoms with Gasteiger partial charge in [0.2, 0.25) is 0 Å². The zero-order valence-electron chi connectivity index (χ0n) is 11.1. The smallest absolute Gasteiger partial charge is 0.0236 e. The van der Waals surface area contributed by atoms with E-state index in [9.17, 15) is 0 Å². The zero-order chi connectivity index (χ0) is 12.4. The quantitative estimate of drug-likeness (QED) is 0.815. The van der Waals surface area contributed by atoms with Crippen molar-refractivity contribution in [2.45, 2.75) is 38.6 Å². The highest BCUT2D eigenvalue weighted by Gasteiger charge is 2.37. The lowest BCUT2D eigenvalue weighted by Crippen LogP contribution is -2.43. The third-order valence-corrected chi connectivity index (χ3v) is 5.41. The van der Waals surface area contributed by atoms with Crippen LogP contribution in [0.15, 0.2) is 24.3 Å². The van der Waals surface area contributed by atoms with Crippen molar-refractivity contribution < 1.29 is 0 Å². The monoisotopic (exact) mass is 261 g/mol. The molecule has 98 valence electrons. The Labute approximate surface area is 116 Å². The van der Waals surface area contributed by atoms with Crippen LogP contribution in [0.2, 0.25) is 0 Å². The normalized spacial score (nSPS) is 22.9. The first-order chi connectivity index (χ1) is 8.81. The van der Waals surface area contributed by atoms with Crippen LogP contribution in [0.1, 0.15) is 36.8 Å². The highest BCUT2D eigenvalue weighted by Crippen LogP contribution is 2.42. The molecule has 1 nitrogen and oxygen atoms in total. The SMILES string of the molecule is SCC1(CN2CCCc3ccccc3C2)CCC1. The summed E-state index contributed by atoms with van der Waals surface area (Å²) in [6.07, 6.45) is 6.73. The van der Waals surface area contributed by atoms with Gasteiger partial charge in [-0.05, 0) is 54.5 Å². The van der Waals surface area contributed by atoms with E-state index >= 15 is 0 Å². The van der Waals surface area contributed by atoms with Crippen LogP contribution in [-0.2, 0) is 13.0 Å². The maximum absolute atomic E-state index is 4.59. The molecule has 1 aromatic carbocycles. The Morgan fingerprint density at radius 1 is 1.11 bits per heavy atom. The van der Waals surface area contributed by atoms with Gasteiger partial charge >= 0.3 is 0 Å². The highest BCUT2D eigenvalue weighted by atomic mass is 32.1. The fourth-order valence-corrected chi connectivity index (χ4v) is 3.84. The molecule has 0 spiro atoms. The van der Waals surface area contributed by atoms with E-state index in [-0.39, 0.29) is 0 Å². The van der Waals surface area contributed by atoms with Gasteiger partial charge in [0.25, 0.3) is 0 Å². The first-order valence-electron chi connectivity index (χ1n) is 7.21. The van der Waals surface area contributed by atoms with E-state index in [4.69, 9.17) is 0 Å². The summed E-state index contributed by atoms with van der Waals surface area (Å²) >= 11 is 4.59. The summed E-state index contributed by atoms with van der Waals surface area (Å²) in [5.41, 5.74) is 3.64. The number of nitrogens with zero attached hydrogens (tertiary/aromatic N) is 1. The van der Waals surface area contributed by atoms with Crippen LogP contribution in [0, 0.1) is 5.41 Å². The lowest BCUT2D eigenvalue weighted by molar-refractivity contribution is 0.0869. The van der Waals surface area contributed by atoms with Gasteiger partial charge in [0, 0.05) is 13.1 Å². The predicted molar refractivity (Wildman–Crippen MR) is 80.2 cm³/mol. The molecule has 0 aromatic heterocycles. The van der Waals surface area contributed by atoms with Crippen molar-refractivity contribution in [3.05, 3.63) is 35.4 Å². The number of hydrogen-bond donors (Lipinski definition) is 1. The van der Waals surface area contributed by atoms with Crippen molar-refractivity contribution in [3.63, 3.8) is 0 Å². The molecule has 2 aliphatic rings. The summed E-state index contributed by atoms with van der Waals surface area (Å²) in [4.78, 5) is 2.67. The molecule has 2 heteroatoms. The maximum Gasteiger partial charge on any atom is 0.0236 e. The van der Waals surface area contributed by atoms with Crippen LogP contribution >= 0.6 is 12.6 Å².